The summed E-state index contributed by atoms with van der Waals surface area (Å²) in [4.78, 5) is 0. The molecule has 0 saturated carbocycles. The van der Waals surface area contributed by atoms with Crippen molar-refractivity contribution in [3.05, 3.63) is 51.9 Å². The summed E-state index contributed by atoms with van der Waals surface area (Å²) in [7, 11) is 0. The third kappa shape index (κ3) is 4.95. The van der Waals surface area contributed by atoms with Gasteiger partial charge in [0.05, 0.1) is 11.3 Å². The van der Waals surface area contributed by atoms with E-state index in [0.717, 1.165) is 17.9 Å². The molecule has 1 heterocycles. The van der Waals surface area contributed by atoms with Crippen LogP contribution in [0.2, 0.25) is 10.0 Å². The standard InChI is InChI=1S/C16H19Cl2NO2/c1-16(2,3)19-8-11-7-12(20-9-11)10-21-14-6-4-5-13(17)15(14)18/h4-7,9,19H,8,10H2,1-3H3. The molecule has 21 heavy (non-hydrogen) atoms. The van der Waals surface area contributed by atoms with E-state index in [9.17, 15) is 0 Å². The number of ether oxygens (including phenoxy) is 1. The number of benzene rings is 1. The van der Waals surface area contributed by atoms with E-state index in [2.05, 4.69) is 26.1 Å². The van der Waals surface area contributed by atoms with Gasteiger partial charge in [-0.25, -0.2) is 0 Å². The highest BCUT2D eigenvalue weighted by Gasteiger charge is 2.11. The molecule has 0 aliphatic rings. The summed E-state index contributed by atoms with van der Waals surface area (Å²) < 4.78 is 11.1. The second kappa shape index (κ2) is 6.73. The molecule has 0 amide bonds. The minimum absolute atomic E-state index is 0.0717. The van der Waals surface area contributed by atoms with Crippen molar-refractivity contribution in [3.8, 4) is 5.75 Å². The van der Waals surface area contributed by atoms with Crippen LogP contribution in [0.3, 0.4) is 0 Å². The minimum Gasteiger partial charge on any atom is -0.484 e. The molecule has 1 aromatic heterocycles. The van der Waals surface area contributed by atoms with Crippen LogP contribution in [0.5, 0.6) is 5.75 Å². The highest BCUT2D eigenvalue weighted by Crippen LogP contribution is 2.32. The van der Waals surface area contributed by atoms with Gasteiger partial charge in [0.2, 0.25) is 0 Å². The van der Waals surface area contributed by atoms with Gasteiger partial charge in [-0.05, 0) is 39.0 Å². The van der Waals surface area contributed by atoms with Gasteiger partial charge in [-0.1, -0.05) is 29.3 Å². The zero-order chi connectivity index (χ0) is 15.5. The molecule has 3 nitrogen and oxygen atoms in total. The zero-order valence-electron chi connectivity index (χ0n) is 12.4. The summed E-state index contributed by atoms with van der Waals surface area (Å²) in [6.07, 6.45) is 1.73. The van der Waals surface area contributed by atoms with Crippen LogP contribution >= 0.6 is 23.2 Å². The molecule has 5 heteroatoms. The fraction of sp³-hybridized carbons (Fsp3) is 0.375. The molecule has 0 saturated heterocycles. The molecule has 0 radical (unpaired) electrons. The van der Waals surface area contributed by atoms with E-state index in [1.165, 1.54) is 0 Å². The van der Waals surface area contributed by atoms with E-state index in [1.807, 2.05) is 6.07 Å². The number of halogens is 2. The van der Waals surface area contributed by atoms with Crippen LogP contribution in [0.1, 0.15) is 32.1 Å². The van der Waals surface area contributed by atoms with Crippen molar-refractivity contribution in [1.29, 1.82) is 0 Å². The third-order valence-electron chi connectivity index (χ3n) is 2.82. The van der Waals surface area contributed by atoms with Crippen LogP contribution in [0, 0.1) is 0 Å². The van der Waals surface area contributed by atoms with Crippen molar-refractivity contribution in [2.75, 3.05) is 0 Å². The van der Waals surface area contributed by atoms with Crippen molar-refractivity contribution < 1.29 is 9.15 Å². The van der Waals surface area contributed by atoms with E-state index >= 15 is 0 Å². The molecule has 1 N–H and O–H groups in total. The Hall–Kier alpha value is -1.16. The largest absolute Gasteiger partial charge is 0.484 e. The van der Waals surface area contributed by atoms with Gasteiger partial charge in [-0.3, -0.25) is 0 Å². The van der Waals surface area contributed by atoms with Gasteiger partial charge in [-0.15, -0.1) is 0 Å². The number of nitrogens with one attached hydrogen (secondary N) is 1. The predicted molar refractivity (Wildman–Crippen MR) is 86.1 cm³/mol. The summed E-state index contributed by atoms with van der Waals surface area (Å²) >= 11 is 12.0. The smallest absolute Gasteiger partial charge is 0.146 e. The maximum atomic E-state index is 6.07. The lowest BCUT2D eigenvalue weighted by molar-refractivity contribution is 0.270. The second-order valence-electron chi connectivity index (χ2n) is 5.87. The van der Waals surface area contributed by atoms with Crippen molar-refractivity contribution in [1.82, 2.24) is 5.32 Å². The molecular weight excluding hydrogens is 309 g/mol. The topological polar surface area (TPSA) is 34.4 Å². The normalized spacial score (nSPS) is 11.7. The molecule has 0 unspecified atom stereocenters. The van der Waals surface area contributed by atoms with Gasteiger partial charge in [0.1, 0.15) is 23.1 Å². The Morgan fingerprint density at radius 1 is 1.24 bits per heavy atom. The van der Waals surface area contributed by atoms with Gasteiger partial charge in [-0.2, -0.15) is 0 Å². The monoisotopic (exact) mass is 327 g/mol. The first-order valence-electron chi connectivity index (χ1n) is 6.73. The van der Waals surface area contributed by atoms with Crippen LogP contribution in [-0.2, 0) is 13.2 Å². The zero-order valence-corrected chi connectivity index (χ0v) is 13.9. The summed E-state index contributed by atoms with van der Waals surface area (Å²) in [5.74, 6) is 1.30. The maximum absolute atomic E-state index is 6.07. The Bertz CT molecular complexity index is 603. The molecule has 0 atom stereocenters. The maximum Gasteiger partial charge on any atom is 0.146 e. The highest BCUT2D eigenvalue weighted by molar-refractivity contribution is 6.42. The Labute approximate surface area is 135 Å². The van der Waals surface area contributed by atoms with Gasteiger partial charge < -0.3 is 14.5 Å². The van der Waals surface area contributed by atoms with Crippen LogP contribution in [-0.4, -0.2) is 5.54 Å². The highest BCUT2D eigenvalue weighted by atomic mass is 35.5. The van der Waals surface area contributed by atoms with Crippen LogP contribution in [0.25, 0.3) is 0 Å². The SMILES string of the molecule is CC(C)(C)NCc1coc(COc2cccc(Cl)c2Cl)c1. The number of hydrogen-bond donors (Lipinski definition) is 1. The Morgan fingerprint density at radius 2 is 2.00 bits per heavy atom. The average Bonchev–Trinajstić information content (AvgIpc) is 2.85. The number of hydrogen-bond acceptors (Lipinski definition) is 3. The third-order valence-corrected chi connectivity index (χ3v) is 3.62. The minimum atomic E-state index is 0.0717. The fourth-order valence-corrected chi connectivity index (χ4v) is 2.05. The first kappa shape index (κ1) is 16.2. The van der Waals surface area contributed by atoms with E-state index in [0.29, 0.717) is 22.4 Å². The van der Waals surface area contributed by atoms with Crippen LogP contribution < -0.4 is 10.1 Å². The van der Waals surface area contributed by atoms with Crippen LogP contribution in [0.15, 0.2) is 34.9 Å². The van der Waals surface area contributed by atoms with Gasteiger partial charge in [0.15, 0.2) is 0 Å². The number of rotatable bonds is 5. The molecule has 0 aliphatic carbocycles. The Balaban J connectivity index is 1.92. The van der Waals surface area contributed by atoms with Gasteiger partial charge >= 0.3 is 0 Å². The Morgan fingerprint density at radius 3 is 2.71 bits per heavy atom. The summed E-state index contributed by atoms with van der Waals surface area (Å²) in [6, 6.07) is 7.26. The summed E-state index contributed by atoms with van der Waals surface area (Å²) in [6.45, 7) is 7.44. The van der Waals surface area contributed by atoms with Gasteiger partial charge in [0.25, 0.3) is 0 Å². The van der Waals surface area contributed by atoms with E-state index < -0.39 is 0 Å². The molecule has 2 rings (SSSR count). The predicted octanol–water partition coefficient (Wildman–Crippen LogP) is 5.05. The molecular formula is C16H19Cl2NO2. The molecule has 0 bridgehead atoms. The van der Waals surface area contributed by atoms with E-state index in [4.69, 9.17) is 32.4 Å². The van der Waals surface area contributed by atoms with Crippen molar-refractivity contribution in [2.45, 2.75) is 39.5 Å². The lowest BCUT2D eigenvalue weighted by Crippen LogP contribution is -2.34. The van der Waals surface area contributed by atoms with E-state index in [1.54, 1.807) is 24.5 Å². The molecule has 114 valence electrons. The molecule has 0 fully saturated rings. The molecule has 2 aromatic rings. The van der Waals surface area contributed by atoms with Crippen molar-refractivity contribution in [2.24, 2.45) is 0 Å². The molecule has 0 aliphatic heterocycles. The first-order valence-corrected chi connectivity index (χ1v) is 7.49. The van der Waals surface area contributed by atoms with Crippen molar-refractivity contribution >= 4 is 23.2 Å². The molecule has 0 spiro atoms. The van der Waals surface area contributed by atoms with Gasteiger partial charge in [0, 0.05) is 17.6 Å². The lowest BCUT2D eigenvalue weighted by Gasteiger charge is -2.19. The molecule has 1 aromatic carbocycles. The summed E-state index contributed by atoms with van der Waals surface area (Å²) in [5, 5.41) is 4.30. The first-order chi connectivity index (χ1) is 9.85. The average molecular weight is 328 g/mol. The summed E-state index contributed by atoms with van der Waals surface area (Å²) in [5.41, 5.74) is 1.16. The second-order valence-corrected chi connectivity index (χ2v) is 6.65. The van der Waals surface area contributed by atoms with Crippen molar-refractivity contribution in [3.63, 3.8) is 0 Å². The quantitative estimate of drug-likeness (QED) is 0.834. The Kier molecular flexibility index (Phi) is 5.20. The number of furan rings is 1. The fourth-order valence-electron chi connectivity index (χ4n) is 1.71. The van der Waals surface area contributed by atoms with Crippen LogP contribution in [0.4, 0.5) is 0 Å². The lowest BCUT2D eigenvalue weighted by atomic mass is 10.1. The van der Waals surface area contributed by atoms with E-state index in [-0.39, 0.29) is 5.54 Å².